The third kappa shape index (κ3) is 3.54. The maximum absolute atomic E-state index is 11.8. The quantitative estimate of drug-likeness (QED) is 0.779. The topological polar surface area (TPSA) is 40.5 Å². The average Bonchev–Trinajstić information content (AvgIpc) is 2.30. The molecule has 16 heavy (non-hydrogen) atoms. The van der Waals surface area contributed by atoms with Gasteiger partial charge in [0.2, 0.25) is 5.91 Å². The molecule has 0 spiro atoms. The van der Waals surface area contributed by atoms with Crippen LogP contribution in [0.4, 0.5) is 0 Å². The monoisotopic (exact) mass is 239 g/mol. The smallest absolute Gasteiger partial charge is 0.227 e. The molecule has 0 aliphatic rings. The zero-order chi connectivity index (χ0) is 12.1. The summed E-state index contributed by atoms with van der Waals surface area (Å²) in [5.41, 5.74) is 0.958. The Morgan fingerprint density at radius 1 is 1.44 bits per heavy atom. The molecule has 1 unspecified atom stereocenters. The van der Waals surface area contributed by atoms with Gasteiger partial charge in [-0.15, -0.1) is 12.6 Å². The van der Waals surface area contributed by atoms with Crippen molar-refractivity contribution in [2.45, 2.75) is 24.3 Å². The zero-order valence-electron chi connectivity index (χ0n) is 9.55. The molecule has 1 amide bonds. The summed E-state index contributed by atoms with van der Waals surface area (Å²) in [4.78, 5) is 14.2. The molecule has 0 saturated heterocycles. The predicted octanol–water partition coefficient (Wildman–Crippen LogP) is 1.36. The van der Waals surface area contributed by atoms with Gasteiger partial charge < -0.3 is 10.0 Å². The van der Waals surface area contributed by atoms with Crippen LogP contribution in [0.1, 0.15) is 12.5 Å². The predicted molar refractivity (Wildman–Crippen MR) is 66.7 cm³/mol. The van der Waals surface area contributed by atoms with Crippen molar-refractivity contribution in [1.82, 2.24) is 4.90 Å². The van der Waals surface area contributed by atoms with E-state index in [1.807, 2.05) is 31.2 Å². The number of carbonyl (C=O) groups is 1. The van der Waals surface area contributed by atoms with Gasteiger partial charge >= 0.3 is 0 Å². The Morgan fingerprint density at radius 2 is 2.00 bits per heavy atom. The van der Waals surface area contributed by atoms with Gasteiger partial charge in [-0.05, 0) is 24.6 Å². The molecule has 0 saturated carbocycles. The molecule has 4 heteroatoms. The van der Waals surface area contributed by atoms with E-state index in [1.54, 1.807) is 11.9 Å². The van der Waals surface area contributed by atoms with Crippen LogP contribution in [0.2, 0.25) is 0 Å². The van der Waals surface area contributed by atoms with Crippen LogP contribution in [-0.2, 0) is 11.2 Å². The van der Waals surface area contributed by atoms with E-state index in [2.05, 4.69) is 12.6 Å². The van der Waals surface area contributed by atoms with E-state index >= 15 is 0 Å². The van der Waals surface area contributed by atoms with Crippen molar-refractivity contribution in [1.29, 1.82) is 0 Å². The first-order valence-electron chi connectivity index (χ1n) is 5.19. The average molecular weight is 239 g/mol. The van der Waals surface area contributed by atoms with E-state index in [0.29, 0.717) is 6.42 Å². The molecular formula is C12H17NO2S. The van der Waals surface area contributed by atoms with E-state index in [9.17, 15) is 4.79 Å². The second kappa shape index (κ2) is 5.92. The normalized spacial score (nSPS) is 12.2. The minimum absolute atomic E-state index is 0.00784. The van der Waals surface area contributed by atoms with Gasteiger partial charge in [0.05, 0.1) is 19.1 Å². The molecule has 0 aliphatic heterocycles. The molecule has 3 nitrogen and oxygen atoms in total. The third-order valence-electron chi connectivity index (χ3n) is 2.61. The Kier molecular flexibility index (Phi) is 4.83. The second-order valence-corrected chi connectivity index (χ2v) is 4.40. The van der Waals surface area contributed by atoms with Gasteiger partial charge in [0.1, 0.15) is 0 Å². The lowest BCUT2D eigenvalue weighted by Gasteiger charge is -2.23. The molecule has 0 heterocycles. The van der Waals surface area contributed by atoms with Crippen LogP contribution in [0, 0.1) is 0 Å². The maximum atomic E-state index is 11.8. The highest BCUT2D eigenvalue weighted by Crippen LogP contribution is 2.09. The third-order valence-corrected chi connectivity index (χ3v) is 2.91. The van der Waals surface area contributed by atoms with Crippen molar-refractivity contribution in [2.24, 2.45) is 0 Å². The number of aliphatic hydroxyl groups is 1. The second-order valence-electron chi connectivity index (χ2n) is 3.88. The number of aliphatic hydroxyl groups excluding tert-OH is 1. The van der Waals surface area contributed by atoms with Crippen LogP contribution in [-0.4, -0.2) is 35.6 Å². The van der Waals surface area contributed by atoms with Gasteiger partial charge in [-0.1, -0.05) is 12.1 Å². The molecule has 1 aromatic carbocycles. The number of amides is 1. The molecule has 0 aliphatic carbocycles. The Hall–Kier alpha value is -1.00. The SMILES string of the molecule is CC(CO)N(C)C(=O)Cc1ccc(S)cc1. The molecule has 1 N–H and O–H groups in total. The number of hydrogen-bond acceptors (Lipinski definition) is 3. The molecule has 1 atom stereocenters. The molecular weight excluding hydrogens is 222 g/mol. The largest absolute Gasteiger partial charge is 0.394 e. The number of thiol groups is 1. The minimum Gasteiger partial charge on any atom is -0.394 e. The van der Waals surface area contributed by atoms with Crippen LogP contribution < -0.4 is 0 Å². The highest BCUT2D eigenvalue weighted by atomic mass is 32.1. The standard InChI is InChI=1S/C12H17NO2S/c1-9(8-14)13(2)12(15)7-10-3-5-11(16)6-4-10/h3-6,9,14,16H,7-8H2,1-2H3. The van der Waals surface area contributed by atoms with Crippen LogP contribution in [0.3, 0.4) is 0 Å². The lowest BCUT2D eigenvalue weighted by molar-refractivity contribution is -0.131. The first-order chi connectivity index (χ1) is 7.54. The summed E-state index contributed by atoms with van der Waals surface area (Å²) >= 11 is 4.18. The van der Waals surface area contributed by atoms with Crippen molar-refractivity contribution in [3.05, 3.63) is 29.8 Å². The summed E-state index contributed by atoms with van der Waals surface area (Å²) in [5.74, 6) is 0.00784. The van der Waals surface area contributed by atoms with Crippen LogP contribution in [0.15, 0.2) is 29.2 Å². The Bertz CT molecular complexity index is 351. The van der Waals surface area contributed by atoms with Gasteiger partial charge in [0, 0.05) is 11.9 Å². The number of benzene rings is 1. The van der Waals surface area contributed by atoms with Crippen LogP contribution in [0.25, 0.3) is 0 Å². The fraction of sp³-hybridized carbons (Fsp3) is 0.417. The van der Waals surface area contributed by atoms with Crippen molar-refractivity contribution in [3.63, 3.8) is 0 Å². The van der Waals surface area contributed by atoms with Crippen LogP contribution >= 0.6 is 12.6 Å². The van der Waals surface area contributed by atoms with E-state index in [1.165, 1.54) is 0 Å². The van der Waals surface area contributed by atoms with E-state index in [-0.39, 0.29) is 18.6 Å². The molecule has 0 radical (unpaired) electrons. The summed E-state index contributed by atoms with van der Waals surface area (Å²) in [5, 5.41) is 8.95. The van der Waals surface area contributed by atoms with Crippen molar-refractivity contribution >= 4 is 18.5 Å². The first-order valence-corrected chi connectivity index (χ1v) is 5.63. The summed E-state index contributed by atoms with van der Waals surface area (Å²) in [6.45, 7) is 1.80. The Balaban J connectivity index is 2.60. The van der Waals surface area contributed by atoms with Crippen molar-refractivity contribution < 1.29 is 9.90 Å². The van der Waals surface area contributed by atoms with Crippen molar-refractivity contribution in [2.75, 3.05) is 13.7 Å². The molecule has 88 valence electrons. The summed E-state index contributed by atoms with van der Waals surface area (Å²) in [6.07, 6.45) is 0.356. The van der Waals surface area contributed by atoms with Gasteiger partial charge in [-0.2, -0.15) is 0 Å². The van der Waals surface area contributed by atoms with Gasteiger partial charge in [0.15, 0.2) is 0 Å². The lowest BCUT2D eigenvalue weighted by atomic mass is 10.1. The Labute approximate surface area is 101 Å². The molecule has 0 bridgehead atoms. The van der Waals surface area contributed by atoms with Gasteiger partial charge in [0.25, 0.3) is 0 Å². The number of carbonyl (C=O) groups excluding carboxylic acids is 1. The molecule has 0 fully saturated rings. The highest BCUT2D eigenvalue weighted by Gasteiger charge is 2.14. The molecule has 1 aromatic rings. The Morgan fingerprint density at radius 3 is 2.50 bits per heavy atom. The summed E-state index contributed by atoms with van der Waals surface area (Å²) in [6, 6.07) is 7.36. The van der Waals surface area contributed by atoms with E-state index in [0.717, 1.165) is 10.5 Å². The summed E-state index contributed by atoms with van der Waals surface area (Å²) < 4.78 is 0. The summed E-state index contributed by atoms with van der Waals surface area (Å²) in [7, 11) is 1.70. The highest BCUT2D eigenvalue weighted by molar-refractivity contribution is 7.80. The van der Waals surface area contributed by atoms with E-state index in [4.69, 9.17) is 5.11 Å². The fourth-order valence-electron chi connectivity index (χ4n) is 1.28. The minimum atomic E-state index is -0.142. The van der Waals surface area contributed by atoms with Crippen molar-refractivity contribution in [3.8, 4) is 0 Å². The molecule has 1 rings (SSSR count). The number of nitrogens with zero attached hydrogens (tertiary/aromatic N) is 1. The van der Waals surface area contributed by atoms with E-state index < -0.39 is 0 Å². The number of likely N-dealkylation sites (N-methyl/N-ethyl adjacent to an activating group) is 1. The fourth-order valence-corrected chi connectivity index (χ4v) is 1.43. The zero-order valence-corrected chi connectivity index (χ0v) is 10.4. The number of hydrogen-bond donors (Lipinski definition) is 2. The first kappa shape index (κ1) is 13.1. The van der Waals surface area contributed by atoms with Gasteiger partial charge in [-0.25, -0.2) is 0 Å². The lowest BCUT2D eigenvalue weighted by Crippen LogP contribution is -2.38. The van der Waals surface area contributed by atoms with Gasteiger partial charge in [-0.3, -0.25) is 4.79 Å². The maximum Gasteiger partial charge on any atom is 0.227 e. The molecule has 0 aromatic heterocycles. The van der Waals surface area contributed by atoms with Crippen LogP contribution in [0.5, 0.6) is 0 Å². The number of rotatable bonds is 4.